The maximum Gasteiger partial charge on any atom is 0.0189 e. The van der Waals surface area contributed by atoms with Gasteiger partial charge in [-0.15, -0.1) is 0 Å². The molecule has 0 heterocycles. The molecule has 0 unspecified atom stereocenters. The quantitative estimate of drug-likeness (QED) is 0.669. The predicted octanol–water partition coefficient (Wildman–Crippen LogP) is 3.64. The van der Waals surface area contributed by atoms with Crippen LogP contribution < -0.4 is 5.73 Å². The number of hydrogen-bond donors (Lipinski definition) is 1. The molecule has 82 valence electrons. The van der Waals surface area contributed by atoms with E-state index in [2.05, 4.69) is 33.8 Å². The second-order valence-corrected chi connectivity index (χ2v) is 6.01. The summed E-state index contributed by atoms with van der Waals surface area (Å²) in [5.41, 5.74) is 8.38. The van der Waals surface area contributed by atoms with Crippen molar-refractivity contribution in [3.05, 3.63) is 11.6 Å². The van der Waals surface area contributed by atoms with E-state index in [9.17, 15) is 0 Å². The molecule has 0 aromatic rings. The maximum absolute atomic E-state index is 6.38. The molecule has 1 nitrogen and oxygen atoms in total. The second-order valence-electron chi connectivity index (χ2n) is 6.01. The zero-order valence-electron chi connectivity index (χ0n) is 10.2. The van der Waals surface area contributed by atoms with Crippen molar-refractivity contribution in [3.63, 3.8) is 0 Å². The van der Waals surface area contributed by atoms with E-state index in [-0.39, 0.29) is 5.54 Å². The first-order chi connectivity index (χ1) is 6.33. The van der Waals surface area contributed by atoms with Crippen molar-refractivity contribution in [1.82, 2.24) is 0 Å². The molecule has 0 bridgehead atoms. The molecule has 14 heavy (non-hydrogen) atoms. The highest BCUT2D eigenvalue weighted by molar-refractivity contribution is 5.02. The first-order valence-corrected chi connectivity index (χ1v) is 5.75. The molecule has 1 rings (SSSR count). The fourth-order valence-electron chi connectivity index (χ4n) is 2.04. The Morgan fingerprint density at radius 1 is 1.14 bits per heavy atom. The summed E-state index contributed by atoms with van der Waals surface area (Å²) in [6, 6.07) is 0. The number of allylic oxidation sites excluding steroid dienone is 1. The minimum atomic E-state index is 0.0901. The molecule has 0 atom stereocenters. The zero-order valence-corrected chi connectivity index (χ0v) is 10.2. The predicted molar refractivity (Wildman–Crippen MR) is 63.2 cm³/mol. The Balaban J connectivity index is 2.49. The van der Waals surface area contributed by atoms with Gasteiger partial charge in [0.25, 0.3) is 0 Å². The van der Waals surface area contributed by atoms with Crippen LogP contribution in [0.25, 0.3) is 0 Å². The Morgan fingerprint density at radius 2 is 1.64 bits per heavy atom. The van der Waals surface area contributed by atoms with Crippen LogP contribution in [0.4, 0.5) is 0 Å². The van der Waals surface area contributed by atoms with E-state index in [0.717, 1.165) is 6.42 Å². The van der Waals surface area contributed by atoms with E-state index in [1.54, 1.807) is 0 Å². The Hall–Kier alpha value is -0.300. The summed E-state index contributed by atoms with van der Waals surface area (Å²) >= 11 is 0. The van der Waals surface area contributed by atoms with Crippen molar-refractivity contribution in [1.29, 1.82) is 0 Å². The third-order valence-corrected chi connectivity index (χ3v) is 3.52. The van der Waals surface area contributed by atoms with Gasteiger partial charge in [0, 0.05) is 5.54 Å². The Labute approximate surface area is 88.8 Å². The van der Waals surface area contributed by atoms with Crippen LogP contribution >= 0.6 is 0 Å². The highest BCUT2D eigenvalue weighted by Crippen LogP contribution is 2.40. The smallest absolute Gasteiger partial charge is 0.0189 e. The summed E-state index contributed by atoms with van der Waals surface area (Å²) in [5, 5.41) is 0. The minimum Gasteiger partial charge on any atom is -0.325 e. The summed E-state index contributed by atoms with van der Waals surface area (Å²) in [4.78, 5) is 0. The molecule has 0 aliphatic heterocycles. The van der Waals surface area contributed by atoms with Gasteiger partial charge in [0.05, 0.1) is 0 Å². The average molecular weight is 195 g/mol. The Bertz CT molecular complexity index is 211. The van der Waals surface area contributed by atoms with Crippen LogP contribution in [0.3, 0.4) is 0 Å². The molecular formula is C13H25N. The SMILES string of the molecule is CC(C)=CCC1(N)CCC(C)(C)CC1. The topological polar surface area (TPSA) is 26.0 Å². The normalized spacial score (nSPS) is 24.4. The van der Waals surface area contributed by atoms with Crippen molar-refractivity contribution in [2.24, 2.45) is 11.1 Å². The summed E-state index contributed by atoms with van der Waals surface area (Å²) in [6.07, 6.45) is 8.28. The third-order valence-electron chi connectivity index (χ3n) is 3.52. The average Bonchev–Trinajstić information content (AvgIpc) is 2.08. The number of nitrogens with two attached hydrogens (primary N) is 1. The maximum atomic E-state index is 6.38. The van der Waals surface area contributed by atoms with Gasteiger partial charge in [-0.05, 0) is 51.4 Å². The van der Waals surface area contributed by atoms with Gasteiger partial charge in [0.2, 0.25) is 0 Å². The van der Waals surface area contributed by atoms with Gasteiger partial charge in [0.15, 0.2) is 0 Å². The fraction of sp³-hybridized carbons (Fsp3) is 0.846. The molecule has 1 fully saturated rings. The van der Waals surface area contributed by atoms with Gasteiger partial charge in [-0.2, -0.15) is 0 Å². The minimum absolute atomic E-state index is 0.0901. The van der Waals surface area contributed by atoms with E-state index in [4.69, 9.17) is 5.73 Å². The van der Waals surface area contributed by atoms with E-state index in [0.29, 0.717) is 5.41 Å². The van der Waals surface area contributed by atoms with Crippen LogP contribution in [-0.2, 0) is 0 Å². The van der Waals surface area contributed by atoms with E-state index in [1.165, 1.54) is 31.3 Å². The summed E-state index contributed by atoms with van der Waals surface area (Å²) in [6.45, 7) is 9.01. The standard InChI is InChI=1S/C13H25N/c1-11(2)5-6-13(14)9-7-12(3,4)8-10-13/h5H,6-10,14H2,1-4H3. The highest BCUT2D eigenvalue weighted by atomic mass is 14.7. The van der Waals surface area contributed by atoms with Gasteiger partial charge >= 0.3 is 0 Å². The molecule has 0 radical (unpaired) electrons. The van der Waals surface area contributed by atoms with Crippen LogP contribution in [0, 0.1) is 5.41 Å². The summed E-state index contributed by atoms with van der Waals surface area (Å²) in [5.74, 6) is 0. The van der Waals surface area contributed by atoms with E-state index < -0.39 is 0 Å². The van der Waals surface area contributed by atoms with Crippen molar-refractivity contribution in [2.45, 2.75) is 65.3 Å². The van der Waals surface area contributed by atoms with Crippen molar-refractivity contribution < 1.29 is 0 Å². The Morgan fingerprint density at radius 3 is 2.07 bits per heavy atom. The highest BCUT2D eigenvalue weighted by Gasteiger charge is 2.34. The molecule has 0 spiro atoms. The van der Waals surface area contributed by atoms with Gasteiger partial charge in [-0.3, -0.25) is 0 Å². The lowest BCUT2D eigenvalue weighted by atomic mass is 9.68. The number of hydrogen-bond acceptors (Lipinski definition) is 1. The molecule has 0 aromatic carbocycles. The van der Waals surface area contributed by atoms with Gasteiger partial charge in [-0.1, -0.05) is 25.5 Å². The molecule has 0 saturated heterocycles. The second kappa shape index (κ2) is 4.06. The Kier molecular flexibility index (Phi) is 3.41. The lowest BCUT2D eigenvalue weighted by Gasteiger charge is -2.41. The van der Waals surface area contributed by atoms with E-state index >= 15 is 0 Å². The molecule has 0 aromatic heterocycles. The van der Waals surface area contributed by atoms with Crippen LogP contribution in [0.15, 0.2) is 11.6 Å². The first-order valence-electron chi connectivity index (χ1n) is 5.75. The lowest BCUT2D eigenvalue weighted by molar-refractivity contribution is 0.166. The number of rotatable bonds is 2. The third kappa shape index (κ3) is 3.45. The largest absolute Gasteiger partial charge is 0.325 e. The van der Waals surface area contributed by atoms with E-state index in [1.807, 2.05) is 0 Å². The fourth-order valence-corrected chi connectivity index (χ4v) is 2.04. The monoisotopic (exact) mass is 195 g/mol. The molecule has 1 aliphatic rings. The molecular weight excluding hydrogens is 170 g/mol. The zero-order chi connectivity index (χ0) is 10.8. The van der Waals surface area contributed by atoms with Crippen LogP contribution in [0.1, 0.15) is 59.8 Å². The van der Waals surface area contributed by atoms with Gasteiger partial charge < -0.3 is 5.73 Å². The van der Waals surface area contributed by atoms with Crippen molar-refractivity contribution >= 4 is 0 Å². The first kappa shape index (κ1) is 11.8. The molecule has 0 amide bonds. The molecule has 1 saturated carbocycles. The molecule has 1 aliphatic carbocycles. The molecule has 1 heteroatoms. The lowest BCUT2D eigenvalue weighted by Crippen LogP contribution is -2.44. The van der Waals surface area contributed by atoms with Crippen molar-refractivity contribution in [2.75, 3.05) is 0 Å². The van der Waals surface area contributed by atoms with Crippen LogP contribution in [-0.4, -0.2) is 5.54 Å². The van der Waals surface area contributed by atoms with Crippen molar-refractivity contribution in [3.8, 4) is 0 Å². The van der Waals surface area contributed by atoms with Crippen LogP contribution in [0.2, 0.25) is 0 Å². The molecule has 2 N–H and O–H groups in total. The van der Waals surface area contributed by atoms with Gasteiger partial charge in [-0.25, -0.2) is 0 Å². The van der Waals surface area contributed by atoms with Crippen LogP contribution in [0.5, 0.6) is 0 Å². The summed E-state index contributed by atoms with van der Waals surface area (Å²) in [7, 11) is 0. The summed E-state index contributed by atoms with van der Waals surface area (Å²) < 4.78 is 0. The van der Waals surface area contributed by atoms with Gasteiger partial charge in [0.1, 0.15) is 0 Å².